The number of halogens is 1. The van der Waals surface area contributed by atoms with Crippen LogP contribution in [0.1, 0.15) is 12.5 Å². The predicted octanol–water partition coefficient (Wildman–Crippen LogP) is 2.89. The van der Waals surface area contributed by atoms with E-state index in [1.54, 1.807) is 0 Å². The minimum absolute atomic E-state index is 0.835. The van der Waals surface area contributed by atoms with Gasteiger partial charge in [-0.2, -0.15) is 0 Å². The second-order valence-electron chi connectivity index (χ2n) is 2.15. The Morgan fingerprint density at radius 3 is 2.82 bits per heavy atom. The van der Waals surface area contributed by atoms with Crippen LogP contribution in [0.2, 0.25) is 0 Å². The average Bonchev–Trinajstić information content (AvgIpc) is 2.03. The molecular formula is C9H10BrN. The van der Waals surface area contributed by atoms with E-state index in [2.05, 4.69) is 20.9 Å². The summed E-state index contributed by atoms with van der Waals surface area (Å²) in [6.07, 6.45) is 1.88. The van der Waals surface area contributed by atoms with Gasteiger partial charge in [0, 0.05) is 22.8 Å². The first-order valence-corrected chi connectivity index (χ1v) is 4.38. The second-order valence-corrected chi connectivity index (χ2v) is 3.00. The van der Waals surface area contributed by atoms with Gasteiger partial charge in [0.15, 0.2) is 0 Å². The lowest BCUT2D eigenvalue weighted by molar-refractivity contribution is 1.14. The van der Waals surface area contributed by atoms with Gasteiger partial charge < -0.3 is 0 Å². The molecule has 58 valence electrons. The van der Waals surface area contributed by atoms with Gasteiger partial charge in [-0.25, -0.2) is 0 Å². The van der Waals surface area contributed by atoms with Gasteiger partial charge >= 0.3 is 0 Å². The van der Waals surface area contributed by atoms with Crippen LogP contribution in [0.25, 0.3) is 0 Å². The molecule has 0 aliphatic rings. The quantitative estimate of drug-likeness (QED) is 0.668. The van der Waals surface area contributed by atoms with Gasteiger partial charge in [-0.3, -0.25) is 4.99 Å². The molecule has 0 aromatic heterocycles. The molecular weight excluding hydrogens is 202 g/mol. The topological polar surface area (TPSA) is 12.4 Å². The Labute approximate surface area is 75.3 Å². The Bertz CT molecular complexity index is 255. The van der Waals surface area contributed by atoms with E-state index >= 15 is 0 Å². The summed E-state index contributed by atoms with van der Waals surface area (Å²) in [4.78, 5) is 4.15. The van der Waals surface area contributed by atoms with Crippen molar-refractivity contribution < 1.29 is 0 Å². The highest BCUT2D eigenvalue weighted by molar-refractivity contribution is 9.10. The van der Waals surface area contributed by atoms with E-state index in [0.717, 1.165) is 16.6 Å². The average molecular weight is 212 g/mol. The summed E-state index contributed by atoms with van der Waals surface area (Å²) in [5.74, 6) is 0. The third-order valence-electron chi connectivity index (χ3n) is 1.32. The van der Waals surface area contributed by atoms with Crippen molar-refractivity contribution in [3.05, 3.63) is 34.3 Å². The maximum Gasteiger partial charge on any atom is 0.0361 e. The van der Waals surface area contributed by atoms with Gasteiger partial charge in [0.1, 0.15) is 0 Å². The van der Waals surface area contributed by atoms with Gasteiger partial charge in [0.2, 0.25) is 0 Å². The summed E-state index contributed by atoms with van der Waals surface area (Å²) in [5.41, 5.74) is 1.13. The van der Waals surface area contributed by atoms with Gasteiger partial charge in [-0.05, 0) is 13.0 Å². The second kappa shape index (κ2) is 4.29. The van der Waals surface area contributed by atoms with Crippen LogP contribution in [0, 0.1) is 0 Å². The lowest BCUT2D eigenvalue weighted by atomic mass is 10.2. The third kappa shape index (κ3) is 2.46. The largest absolute Gasteiger partial charge is 0.293 e. The Morgan fingerprint density at radius 2 is 2.18 bits per heavy atom. The van der Waals surface area contributed by atoms with Gasteiger partial charge in [0.05, 0.1) is 0 Å². The predicted molar refractivity (Wildman–Crippen MR) is 52.3 cm³/mol. The molecule has 0 amide bonds. The minimum Gasteiger partial charge on any atom is -0.293 e. The highest BCUT2D eigenvalue weighted by Crippen LogP contribution is 2.13. The first kappa shape index (κ1) is 8.47. The van der Waals surface area contributed by atoms with Crippen LogP contribution in [0.15, 0.2) is 33.7 Å². The smallest absolute Gasteiger partial charge is 0.0361 e. The van der Waals surface area contributed by atoms with Gasteiger partial charge in [-0.15, -0.1) is 0 Å². The van der Waals surface area contributed by atoms with Crippen molar-refractivity contribution >= 4 is 22.1 Å². The summed E-state index contributed by atoms with van der Waals surface area (Å²) in [6, 6.07) is 8.04. The number of hydrogen-bond donors (Lipinski definition) is 0. The molecule has 0 saturated heterocycles. The van der Waals surface area contributed by atoms with E-state index in [1.807, 2.05) is 37.4 Å². The van der Waals surface area contributed by atoms with E-state index in [4.69, 9.17) is 0 Å². The van der Waals surface area contributed by atoms with Gasteiger partial charge in [-0.1, -0.05) is 34.1 Å². The molecule has 0 aliphatic heterocycles. The Hall–Kier alpha value is -0.630. The van der Waals surface area contributed by atoms with Gasteiger partial charge in [0.25, 0.3) is 0 Å². The molecule has 0 spiro atoms. The molecule has 0 fully saturated rings. The zero-order valence-electron chi connectivity index (χ0n) is 6.42. The number of nitrogens with zero attached hydrogens (tertiary/aromatic N) is 1. The van der Waals surface area contributed by atoms with E-state index in [1.165, 1.54) is 0 Å². The van der Waals surface area contributed by atoms with Crippen LogP contribution >= 0.6 is 15.9 Å². The summed E-state index contributed by atoms with van der Waals surface area (Å²) in [7, 11) is 0. The highest BCUT2D eigenvalue weighted by atomic mass is 79.9. The molecule has 0 unspecified atom stereocenters. The normalized spacial score (nSPS) is 10.7. The van der Waals surface area contributed by atoms with Crippen molar-refractivity contribution in [1.82, 2.24) is 0 Å². The molecule has 0 heterocycles. The zero-order valence-corrected chi connectivity index (χ0v) is 8.01. The summed E-state index contributed by atoms with van der Waals surface area (Å²) in [5, 5.41) is 0. The molecule has 0 atom stereocenters. The molecule has 1 nitrogen and oxygen atoms in total. The maximum absolute atomic E-state index is 4.15. The number of rotatable bonds is 2. The fraction of sp³-hybridized carbons (Fsp3) is 0.222. The van der Waals surface area contributed by atoms with E-state index < -0.39 is 0 Å². The molecule has 1 rings (SSSR count). The Morgan fingerprint density at radius 1 is 1.45 bits per heavy atom. The van der Waals surface area contributed by atoms with Crippen LogP contribution in [-0.4, -0.2) is 12.8 Å². The third-order valence-corrected chi connectivity index (χ3v) is 2.04. The molecule has 0 N–H and O–H groups in total. The van der Waals surface area contributed by atoms with E-state index in [9.17, 15) is 0 Å². The zero-order chi connectivity index (χ0) is 8.10. The molecule has 11 heavy (non-hydrogen) atoms. The fourth-order valence-corrected chi connectivity index (χ4v) is 1.16. The first-order valence-electron chi connectivity index (χ1n) is 3.59. The SMILES string of the molecule is CCN=Cc1ccccc1Br. The van der Waals surface area contributed by atoms with E-state index in [-0.39, 0.29) is 0 Å². The fourth-order valence-electron chi connectivity index (χ4n) is 0.769. The molecule has 1 aromatic rings. The van der Waals surface area contributed by atoms with Crippen molar-refractivity contribution in [2.45, 2.75) is 6.92 Å². The van der Waals surface area contributed by atoms with Crippen LogP contribution in [0.5, 0.6) is 0 Å². The lowest BCUT2D eigenvalue weighted by Crippen LogP contribution is -1.82. The van der Waals surface area contributed by atoms with Crippen molar-refractivity contribution in [2.24, 2.45) is 4.99 Å². The van der Waals surface area contributed by atoms with Crippen molar-refractivity contribution in [3.63, 3.8) is 0 Å². The molecule has 1 aromatic carbocycles. The number of benzene rings is 1. The van der Waals surface area contributed by atoms with Crippen LogP contribution in [0.3, 0.4) is 0 Å². The monoisotopic (exact) mass is 211 g/mol. The standard InChI is InChI=1S/C9H10BrN/c1-2-11-7-8-5-3-4-6-9(8)10/h3-7H,2H2,1H3. The Balaban J connectivity index is 2.86. The van der Waals surface area contributed by atoms with Crippen molar-refractivity contribution in [1.29, 1.82) is 0 Å². The lowest BCUT2D eigenvalue weighted by Gasteiger charge is -1.94. The summed E-state index contributed by atoms with van der Waals surface area (Å²) in [6.45, 7) is 2.86. The number of hydrogen-bond acceptors (Lipinski definition) is 1. The van der Waals surface area contributed by atoms with Crippen LogP contribution in [-0.2, 0) is 0 Å². The van der Waals surface area contributed by atoms with Crippen LogP contribution < -0.4 is 0 Å². The Kier molecular flexibility index (Phi) is 3.30. The molecule has 0 saturated carbocycles. The summed E-state index contributed by atoms with van der Waals surface area (Å²) >= 11 is 3.44. The summed E-state index contributed by atoms with van der Waals surface area (Å²) < 4.78 is 1.09. The molecule has 0 radical (unpaired) electrons. The van der Waals surface area contributed by atoms with Crippen LogP contribution in [0.4, 0.5) is 0 Å². The van der Waals surface area contributed by atoms with Crippen molar-refractivity contribution in [3.8, 4) is 0 Å². The minimum atomic E-state index is 0.835. The highest BCUT2D eigenvalue weighted by Gasteiger charge is 1.91. The first-order chi connectivity index (χ1) is 5.34. The molecule has 2 heteroatoms. The van der Waals surface area contributed by atoms with E-state index in [0.29, 0.717) is 0 Å². The van der Waals surface area contributed by atoms with Crippen molar-refractivity contribution in [2.75, 3.05) is 6.54 Å². The molecule has 0 bridgehead atoms. The number of aliphatic imine (C=N–C) groups is 1. The maximum atomic E-state index is 4.15. The molecule has 0 aliphatic carbocycles.